The van der Waals surface area contributed by atoms with Crippen LogP contribution >= 0.6 is 11.8 Å². The largest absolute Gasteiger partial charge is 0.325 e. The third-order valence-corrected chi connectivity index (χ3v) is 3.16. The van der Waals surface area contributed by atoms with E-state index in [4.69, 9.17) is 0 Å². The smallest absolute Gasteiger partial charge is 0.272 e. The Labute approximate surface area is 85.8 Å². The van der Waals surface area contributed by atoms with Gasteiger partial charge in [-0.05, 0) is 12.1 Å². The van der Waals surface area contributed by atoms with Crippen molar-refractivity contribution in [2.45, 2.75) is 0 Å². The first-order valence-electron chi connectivity index (χ1n) is 4.36. The van der Waals surface area contributed by atoms with Gasteiger partial charge in [-0.1, -0.05) is 12.1 Å². The van der Waals surface area contributed by atoms with E-state index in [0.29, 0.717) is 0 Å². The van der Waals surface area contributed by atoms with Crippen molar-refractivity contribution in [3.63, 3.8) is 0 Å². The predicted molar refractivity (Wildman–Crippen MR) is 58.1 cm³/mol. The molecule has 0 unspecified atom stereocenters. The molecule has 1 amide bonds. The van der Waals surface area contributed by atoms with Crippen molar-refractivity contribution >= 4 is 29.0 Å². The van der Waals surface area contributed by atoms with Gasteiger partial charge in [0.2, 0.25) is 0 Å². The second-order valence-corrected chi connectivity index (χ2v) is 4.03. The number of hydrogen-bond acceptors (Lipinski definition) is 3. The highest BCUT2D eigenvalue weighted by Crippen LogP contribution is 2.38. The van der Waals surface area contributed by atoms with Gasteiger partial charge in [-0.3, -0.25) is 4.79 Å². The van der Waals surface area contributed by atoms with E-state index < -0.39 is 0 Å². The van der Waals surface area contributed by atoms with Crippen LogP contribution in [0.5, 0.6) is 0 Å². The number of para-hydroxylation sites is 2. The van der Waals surface area contributed by atoms with Gasteiger partial charge in [0.1, 0.15) is 5.70 Å². The average molecular weight is 204 g/mol. The quantitative estimate of drug-likeness (QED) is 0.701. The van der Waals surface area contributed by atoms with Gasteiger partial charge in [0.05, 0.1) is 17.3 Å². The van der Waals surface area contributed by atoms with Crippen molar-refractivity contribution in [2.24, 2.45) is 0 Å². The van der Waals surface area contributed by atoms with Crippen LogP contribution in [0.3, 0.4) is 0 Å². The summed E-state index contributed by atoms with van der Waals surface area (Å²) in [7, 11) is 0. The van der Waals surface area contributed by atoms with Gasteiger partial charge in [-0.15, -0.1) is 11.8 Å². The van der Waals surface area contributed by atoms with Gasteiger partial charge >= 0.3 is 0 Å². The molecule has 2 heterocycles. The first-order valence-corrected chi connectivity index (χ1v) is 5.41. The number of amides is 1. The van der Waals surface area contributed by atoms with Crippen molar-refractivity contribution < 1.29 is 4.79 Å². The minimum absolute atomic E-state index is 0.00583. The van der Waals surface area contributed by atoms with E-state index in [-0.39, 0.29) is 5.91 Å². The Bertz CT molecular complexity index is 442. The molecule has 0 saturated heterocycles. The molecule has 0 fully saturated rings. The number of carbonyl (C=O) groups excluding carboxylic acids is 1. The molecule has 70 valence electrons. The van der Waals surface area contributed by atoms with Crippen LogP contribution in [0.25, 0.3) is 0 Å². The lowest BCUT2D eigenvalue weighted by Crippen LogP contribution is -2.33. The number of anilines is 2. The molecule has 4 heteroatoms. The van der Waals surface area contributed by atoms with E-state index in [0.717, 1.165) is 22.9 Å². The summed E-state index contributed by atoms with van der Waals surface area (Å²) < 4.78 is 0. The summed E-state index contributed by atoms with van der Waals surface area (Å²) in [5.41, 5.74) is 2.74. The molecule has 0 spiro atoms. The molecule has 0 aromatic heterocycles. The molecule has 0 atom stereocenters. The maximum Gasteiger partial charge on any atom is 0.272 e. The zero-order valence-corrected chi connectivity index (χ0v) is 8.17. The molecule has 14 heavy (non-hydrogen) atoms. The number of carbonyl (C=O) groups is 1. The number of thioether (sulfide) groups is 1. The SMILES string of the molecule is O=C1Nc2ccccc2N2CSC=C12. The van der Waals surface area contributed by atoms with Crippen LogP contribution in [0.15, 0.2) is 35.4 Å². The summed E-state index contributed by atoms with van der Waals surface area (Å²) in [6.45, 7) is 0. The lowest BCUT2D eigenvalue weighted by atomic mass is 10.2. The van der Waals surface area contributed by atoms with Gasteiger partial charge < -0.3 is 10.2 Å². The molecule has 0 aliphatic carbocycles. The molecule has 1 N–H and O–H groups in total. The minimum Gasteiger partial charge on any atom is -0.325 e. The van der Waals surface area contributed by atoms with Crippen LogP contribution in [0.1, 0.15) is 0 Å². The number of benzene rings is 1. The fraction of sp³-hybridized carbons (Fsp3) is 0.100. The third kappa shape index (κ3) is 0.974. The molecule has 1 aromatic carbocycles. The number of hydrogen-bond donors (Lipinski definition) is 1. The Kier molecular flexibility index (Phi) is 1.58. The second-order valence-electron chi connectivity index (χ2n) is 3.20. The van der Waals surface area contributed by atoms with Crippen LogP contribution in [0.2, 0.25) is 0 Å². The van der Waals surface area contributed by atoms with Crippen LogP contribution in [0, 0.1) is 0 Å². The van der Waals surface area contributed by atoms with E-state index in [1.807, 2.05) is 34.6 Å². The van der Waals surface area contributed by atoms with Crippen LogP contribution in [-0.2, 0) is 4.79 Å². The van der Waals surface area contributed by atoms with E-state index in [1.54, 1.807) is 11.8 Å². The molecule has 2 aliphatic heterocycles. The Morgan fingerprint density at radius 2 is 2.21 bits per heavy atom. The summed E-state index contributed by atoms with van der Waals surface area (Å²) in [5, 5.41) is 4.78. The third-order valence-electron chi connectivity index (χ3n) is 2.37. The fourth-order valence-electron chi connectivity index (χ4n) is 1.70. The Morgan fingerprint density at radius 3 is 3.14 bits per heavy atom. The zero-order chi connectivity index (χ0) is 9.54. The van der Waals surface area contributed by atoms with E-state index in [2.05, 4.69) is 5.32 Å². The van der Waals surface area contributed by atoms with Crippen LogP contribution in [-0.4, -0.2) is 11.8 Å². The zero-order valence-electron chi connectivity index (χ0n) is 7.36. The molecule has 3 rings (SSSR count). The lowest BCUT2D eigenvalue weighted by Gasteiger charge is -2.28. The summed E-state index contributed by atoms with van der Waals surface area (Å²) in [6.07, 6.45) is 0. The Balaban J connectivity index is 2.18. The highest BCUT2D eigenvalue weighted by atomic mass is 32.2. The first kappa shape index (κ1) is 7.94. The van der Waals surface area contributed by atoms with Crippen molar-refractivity contribution in [1.82, 2.24) is 0 Å². The summed E-state index contributed by atoms with van der Waals surface area (Å²) in [5.74, 6) is 0.827. The molecule has 0 radical (unpaired) electrons. The number of nitrogens with one attached hydrogen (secondary N) is 1. The average Bonchev–Trinajstić information content (AvgIpc) is 2.67. The monoisotopic (exact) mass is 204 g/mol. The number of nitrogens with zero attached hydrogens (tertiary/aromatic N) is 1. The van der Waals surface area contributed by atoms with E-state index in [1.165, 1.54) is 0 Å². The predicted octanol–water partition coefficient (Wildman–Crippen LogP) is 1.99. The summed E-state index contributed by atoms with van der Waals surface area (Å²) in [4.78, 5) is 13.6. The van der Waals surface area contributed by atoms with Crippen molar-refractivity contribution in [1.29, 1.82) is 0 Å². The molecule has 3 nitrogen and oxygen atoms in total. The number of rotatable bonds is 0. The summed E-state index contributed by atoms with van der Waals surface area (Å²) in [6, 6.07) is 7.86. The van der Waals surface area contributed by atoms with E-state index >= 15 is 0 Å². The topological polar surface area (TPSA) is 32.3 Å². The van der Waals surface area contributed by atoms with Crippen LogP contribution < -0.4 is 10.2 Å². The van der Waals surface area contributed by atoms with Gasteiger partial charge in [-0.2, -0.15) is 0 Å². The van der Waals surface area contributed by atoms with Crippen molar-refractivity contribution in [3.05, 3.63) is 35.4 Å². The molecule has 1 aromatic rings. The normalized spacial score (nSPS) is 18.4. The summed E-state index contributed by atoms with van der Waals surface area (Å²) >= 11 is 1.65. The molecule has 0 saturated carbocycles. The van der Waals surface area contributed by atoms with Crippen molar-refractivity contribution in [2.75, 3.05) is 16.1 Å². The maximum atomic E-state index is 11.6. The molecular weight excluding hydrogens is 196 g/mol. The second kappa shape index (κ2) is 2.78. The van der Waals surface area contributed by atoms with Gasteiger partial charge in [0.25, 0.3) is 5.91 Å². The van der Waals surface area contributed by atoms with E-state index in [9.17, 15) is 4.79 Å². The highest BCUT2D eigenvalue weighted by molar-refractivity contribution is 8.02. The first-order chi connectivity index (χ1) is 6.86. The highest BCUT2D eigenvalue weighted by Gasteiger charge is 2.29. The van der Waals surface area contributed by atoms with Crippen LogP contribution in [0.4, 0.5) is 11.4 Å². The molecular formula is C10H8N2OS. The minimum atomic E-state index is -0.00583. The molecule has 0 bridgehead atoms. The van der Waals surface area contributed by atoms with Gasteiger partial charge in [0, 0.05) is 5.41 Å². The lowest BCUT2D eigenvalue weighted by molar-refractivity contribution is -0.113. The van der Waals surface area contributed by atoms with Gasteiger partial charge in [-0.25, -0.2) is 0 Å². The van der Waals surface area contributed by atoms with Gasteiger partial charge in [0.15, 0.2) is 0 Å². The Morgan fingerprint density at radius 1 is 1.36 bits per heavy atom. The standard InChI is InChI=1S/C10H8N2OS/c13-10-9-5-14-6-12(9)8-4-2-1-3-7(8)11-10/h1-5H,6H2,(H,11,13). The maximum absolute atomic E-state index is 11.6. The molecule has 2 aliphatic rings. The number of fused-ring (bicyclic) bond motifs is 3. The fourth-order valence-corrected chi connectivity index (χ4v) is 2.59. The van der Waals surface area contributed by atoms with Crippen molar-refractivity contribution in [3.8, 4) is 0 Å². The Hall–Kier alpha value is -1.42.